The van der Waals surface area contributed by atoms with Crippen LogP contribution in [0.1, 0.15) is 6.42 Å². The van der Waals surface area contributed by atoms with Crippen LogP contribution >= 0.6 is 0 Å². The number of hydrogen-bond donors (Lipinski definition) is 1. The highest BCUT2D eigenvalue weighted by atomic mass is 16.6. The molecule has 3 aromatic rings. The zero-order valence-electron chi connectivity index (χ0n) is 12.9. The lowest BCUT2D eigenvalue weighted by Crippen LogP contribution is -2.15. The van der Waals surface area contributed by atoms with Crippen molar-refractivity contribution in [2.24, 2.45) is 5.73 Å². The Bertz CT molecular complexity index is 827. The molecule has 0 saturated carbocycles. The highest BCUT2D eigenvalue weighted by Crippen LogP contribution is 2.36. The molecule has 0 aliphatic carbocycles. The van der Waals surface area contributed by atoms with Gasteiger partial charge in [-0.1, -0.05) is 30.3 Å². The first kappa shape index (κ1) is 14.1. The summed E-state index contributed by atoms with van der Waals surface area (Å²) in [5, 5.41) is 0. The predicted octanol–water partition coefficient (Wildman–Crippen LogP) is 2.82. The fourth-order valence-corrected chi connectivity index (χ4v) is 2.94. The molecule has 1 aliphatic heterocycles. The number of benzene rings is 2. The Hall–Kier alpha value is -2.53. The summed E-state index contributed by atoms with van der Waals surface area (Å²) in [6.45, 7) is 2.65. The van der Waals surface area contributed by atoms with Crippen molar-refractivity contribution in [1.82, 2.24) is 9.55 Å². The van der Waals surface area contributed by atoms with Crippen molar-refractivity contribution in [1.29, 1.82) is 0 Å². The van der Waals surface area contributed by atoms with Gasteiger partial charge >= 0.3 is 0 Å². The molecule has 5 nitrogen and oxygen atoms in total. The van der Waals surface area contributed by atoms with Crippen LogP contribution in [0.2, 0.25) is 0 Å². The standard InChI is InChI=1S/C18H19N3O2/c19-7-4-8-21-15-12-17-16(22-9-10-23-17)11-14(15)20-18(21)13-5-2-1-3-6-13/h1-3,5-6,11-12H,4,7-10,19H2. The zero-order valence-corrected chi connectivity index (χ0v) is 12.9. The maximum Gasteiger partial charge on any atom is 0.163 e. The molecule has 23 heavy (non-hydrogen) atoms. The van der Waals surface area contributed by atoms with E-state index in [9.17, 15) is 0 Å². The highest BCUT2D eigenvalue weighted by Gasteiger charge is 2.18. The smallest absolute Gasteiger partial charge is 0.163 e. The first-order valence-corrected chi connectivity index (χ1v) is 7.92. The second-order valence-corrected chi connectivity index (χ2v) is 5.58. The van der Waals surface area contributed by atoms with Gasteiger partial charge in [-0.15, -0.1) is 0 Å². The van der Waals surface area contributed by atoms with Crippen molar-refractivity contribution >= 4 is 11.0 Å². The number of imidazole rings is 1. The maximum atomic E-state index is 5.72. The average Bonchev–Trinajstić information content (AvgIpc) is 2.96. The van der Waals surface area contributed by atoms with E-state index >= 15 is 0 Å². The third-order valence-electron chi connectivity index (χ3n) is 4.03. The van der Waals surface area contributed by atoms with Gasteiger partial charge in [0, 0.05) is 24.2 Å². The van der Waals surface area contributed by atoms with Gasteiger partial charge in [0.05, 0.1) is 11.0 Å². The lowest BCUT2D eigenvalue weighted by Gasteiger charge is -2.18. The van der Waals surface area contributed by atoms with Crippen LogP contribution < -0.4 is 15.2 Å². The second kappa shape index (κ2) is 5.93. The summed E-state index contributed by atoms with van der Waals surface area (Å²) in [4.78, 5) is 4.83. The van der Waals surface area contributed by atoms with Crippen LogP contribution in [0.4, 0.5) is 0 Å². The van der Waals surface area contributed by atoms with Crippen molar-refractivity contribution in [3.8, 4) is 22.9 Å². The van der Waals surface area contributed by atoms with E-state index in [-0.39, 0.29) is 0 Å². The Morgan fingerprint density at radius 3 is 2.52 bits per heavy atom. The Labute approximate surface area is 134 Å². The second-order valence-electron chi connectivity index (χ2n) is 5.58. The Morgan fingerprint density at radius 2 is 1.78 bits per heavy atom. The number of rotatable bonds is 4. The molecule has 0 bridgehead atoms. The van der Waals surface area contributed by atoms with Crippen LogP contribution in [0, 0.1) is 0 Å². The van der Waals surface area contributed by atoms with Gasteiger partial charge in [0.1, 0.15) is 19.0 Å². The molecule has 0 amide bonds. The highest BCUT2D eigenvalue weighted by molar-refractivity contribution is 5.84. The van der Waals surface area contributed by atoms with E-state index in [1.807, 2.05) is 30.3 Å². The van der Waals surface area contributed by atoms with Crippen molar-refractivity contribution in [2.45, 2.75) is 13.0 Å². The van der Waals surface area contributed by atoms with Gasteiger partial charge in [0.2, 0.25) is 0 Å². The van der Waals surface area contributed by atoms with Crippen molar-refractivity contribution in [3.63, 3.8) is 0 Å². The third kappa shape index (κ3) is 2.53. The normalized spacial score (nSPS) is 13.4. The quantitative estimate of drug-likeness (QED) is 0.805. The molecular formula is C18H19N3O2. The minimum absolute atomic E-state index is 0.581. The molecule has 1 aliphatic rings. The Balaban J connectivity index is 1.90. The molecular weight excluding hydrogens is 290 g/mol. The van der Waals surface area contributed by atoms with Crippen molar-refractivity contribution in [2.75, 3.05) is 19.8 Å². The topological polar surface area (TPSA) is 62.3 Å². The molecule has 2 heterocycles. The largest absolute Gasteiger partial charge is 0.486 e. The van der Waals surface area contributed by atoms with Gasteiger partial charge in [0.15, 0.2) is 11.5 Å². The summed E-state index contributed by atoms with van der Waals surface area (Å²) < 4.78 is 13.6. The van der Waals surface area contributed by atoms with Crippen LogP contribution in [0.3, 0.4) is 0 Å². The fraction of sp³-hybridized carbons (Fsp3) is 0.278. The number of nitrogens with zero attached hydrogens (tertiary/aromatic N) is 2. The first-order valence-electron chi connectivity index (χ1n) is 7.92. The van der Waals surface area contributed by atoms with Gasteiger partial charge in [-0.05, 0) is 13.0 Å². The van der Waals surface area contributed by atoms with Gasteiger partial charge in [-0.3, -0.25) is 0 Å². The molecule has 0 unspecified atom stereocenters. The number of ether oxygens (including phenoxy) is 2. The first-order chi connectivity index (χ1) is 11.4. The van der Waals surface area contributed by atoms with Crippen LogP contribution in [0.15, 0.2) is 42.5 Å². The summed E-state index contributed by atoms with van der Waals surface area (Å²) in [5.74, 6) is 2.51. The molecule has 0 radical (unpaired) electrons. The molecule has 0 saturated heterocycles. The summed E-state index contributed by atoms with van der Waals surface area (Å²) >= 11 is 0. The van der Waals surface area contributed by atoms with Crippen molar-refractivity contribution in [3.05, 3.63) is 42.5 Å². The van der Waals surface area contributed by atoms with E-state index in [0.29, 0.717) is 19.8 Å². The SMILES string of the molecule is NCCCn1c(-c2ccccc2)nc2cc3c(cc21)OCCO3. The fourth-order valence-electron chi connectivity index (χ4n) is 2.94. The van der Waals surface area contributed by atoms with E-state index in [4.69, 9.17) is 20.2 Å². The molecule has 1 aromatic heterocycles. The number of fused-ring (bicyclic) bond motifs is 2. The van der Waals surface area contributed by atoms with Crippen LogP contribution in [0.25, 0.3) is 22.4 Å². The van der Waals surface area contributed by atoms with Gasteiger partial charge in [-0.25, -0.2) is 4.98 Å². The molecule has 4 rings (SSSR count). The average molecular weight is 309 g/mol. The van der Waals surface area contributed by atoms with E-state index in [0.717, 1.165) is 46.9 Å². The number of aryl methyl sites for hydroxylation is 1. The van der Waals surface area contributed by atoms with Crippen molar-refractivity contribution < 1.29 is 9.47 Å². The van der Waals surface area contributed by atoms with E-state index < -0.39 is 0 Å². The molecule has 0 fully saturated rings. The summed E-state index contributed by atoms with van der Waals surface area (Å²) in [6.07, 6.45) is 0.903. The monoisotopic (exact) mass is 309 g/mol. The molecule has 118 valence electrons. The van der Waals surface area contributed by atoms with Gasteiger partial charge < -0.3 is 19.8 Å². The maximum absolute atomic E-state index is 5.72. The van der Waals surface area contributed by atoms with Gasteiger partial charge in [0.25, 0.3) is 0 Å². The minimum atomic E-state index is 0.581. The van der Waals surface area contributed by atoms with Crippen LogP contribution in [-0.4, -0.2) is 29.3 Å². The predicted molar refractivity (Wildman–Crippen MR) is 89.8 cm³/mol. The van der Waals surface area contributed by atoms with E-state index in [1.165, 1.54) is 0 Å². The molecule has 2 N–H and O–H groups in total. The lowest BCUT2D eigenvalue weighted by atomic mass is 10.2. The minimum Gasteiger partial charge on any atom is -0.486 e. The number of nitrogens with two attached hydrogens (primary N) is 1. The lowest BCUT2D eigenvalue weighted by molar-refractivity contribution is 0.172. The zero-order chi connectivity index (χ0) is 15.6. The molecule has 2 aromatic carbocycles. The summed E-state index contributed by atoms with van der Waals surface area (Å²) in [7, 11) is 0. The molecule has 0 spiro atoms. The number of aromatic nitrogens is 2. The number of hydrogen-bond acceptors (Lipinski definition) is 4. The van der Waals surface area contributed by atoms with Gasteiger partial charge in [-0.2, -0.15) is 0 Å². The van der Waals surface area contributed by atoms with E-state index in [1.54, 1.807) is 0 Å². The molecule has 0 atom stereocenters. The van der Waals surface area contributed by atoms with Crippen LogP contribution in [0.5, 0.6) is 11.5 Å². The summed E-state index contributed by atoms with van der Waals surface area (Å²) in [6, 6.07) is 14.2. The van der Waals surface area contributed by atoms with Crippen LogP contribution in [-0.2, 0) is 6.54 Å². The Morgan fingerprint density at radius 1 is 1.04 bits per heavy atom. The summed E-state index contributed by atoms with van der Waals surface area (Å²) in [5.41, 5.74) is 8.79. The third-order valence-corrected chi connectivity index (χ3v) is 4.03. The molecule has 5 heteroatoms. The Kier molecular flexibility index (Phi) is 3.63. The van der Waals surface area contributed by atoms with E-state index in [2.05, 4.69) is 16.7 Å².